The smallest absolute Gasteiger partial charge is 0.253 e. The molecule has 82 valence electrons. The van der Waals surface area contributed by atoms with Crippen molar-refractivity contribution in [1.29, 1.82) is 0 Å². The first-order valence-corrected chi connectivity index (χ1v) is 5.86. The van der Waals surface area contributed by atoms with Crippen molar-refractivity contribution in [3.8, 4) is 0 Å². The van der Waals surface area contributed by atoms with Crippen molar-refractivity contribution in [1.82, 2.24) is 5.32 Å². The molecule has 5 heteroatoms. The van der Waals surface area contributed by atoms with Gasteiger partial charge in [0.2, 0.25) is 0 Å². The quantitative estimate of drug-likeness (QED) is 0.606. The number of benzene rings is 1. The van der Waals surface area contributed by atoms with E-state index in [4.69, 9.17) is 5.73 Å². The van der Waals surface area contributed by atoms with Crippen LogP contribution < -0.4 is 11.1 Å². The minimum absolute atomic E-state index is 0.191. The normalized spacial score (nSPS) is 10.0. The maximum atomic E-state index is 12.9. The molecule has 0 saturated carbocycles. The fourth-order valence-electron chi connectivity index (χ4n) is 1.09. The number of nitrogens with two attached hydrogens (primary N) is 1. The lowest BCUT2D eigenvalue weighted by Crippen LogP contribution is -2.26. The average molecular weight is 228 g/mol. The van der Waals surface area contributed by atoms with Gasteiger partial charge in [-0.2, -0.15) is 11.8 Å². The summed E-state index contributed by atoms with van der Waals surface area (Å²) >= 11 is 1.63. The van der Waals surface area contributed by atoms with Crippen LogP contribution in [0, 0.1) is 5.82 Å². The summed E-state index contributed by atoms with van der Waals surface area (Å²) in [7, 11) is 0. The lowest BCUT2D eigenvalue weighted by Gasteiger charge is -2.06. The molecular weight excluding hydrogens is 215 g/mol. The summed E-state index contributed by atoms with van der Waals surface area (Å²) in [6, 6.07) is 3.76. The van der Waals surface area contributed by atoms with Crippen LogP contribution in [0.1, 0.15) is 10.4 Å². The van der Waals surface area contributed by atoms with Gasteiger partial charge in [-0.15, -0.1) is 0 Å². The highest BCUT2D eigenvalue weighted by molar-refractivity contribution is 7.98. The zero-order valence-corrected chi connectivity index (χ0v) is 9.23. The number of halogens is 1. The predicted molar refractivity (Wildman–Crippen MR) is 61.5 cm³/mol. The number of carbonyl (C=O) groups is 1. The second-order valence-electron chi connectivity index (χ2n) is 2.98. The number of hydrogen-bond acceptors (Lipinski definition) is 3. The van der Waals surface area contributed by atoms with Crippen LogP contribution in [0.15, 0.2) is 18.2 Å². The van der Waals surface area contributed by atoms with E-state index < -0.39 is 5.82 Å². The van der Waals surface area contributed by atoms with E-state index in [2.05, 4.69) is 5.32 Å². The molecule has 0 aliphatic carbocycles. The van der Waals surface area contributed by atoms with Crippen molar-refractivity contribution in [2.75, 3.05) is 24.3 Å². The molecule has 1 amide bonds. The second kappa shape index (κ2) is 5.60. The van der Waals surface area contributed by atoms with Gasteiger partial charge in [0.05, 0.1) is 5.56 Å². The molecule has 0 radical (unpaired) electrons. The van der Waals surface area contributed by atoms with Gasteiger partial charge in [-0.1, -0.05) is 0 Å². The first kappa shape index (κ1) is 11.8. The van der Waals surface area contributed by atoms with Gasteiger partial charge in [-0.3, -0.25) is 4.79 Å². The number of amides is 1. The highest BCUT2D eigenvalue weighted by Gasteiger charge is 2.09. The van der Waals surface area contributed by atoms with E-state index in [0.29, 0.717) is 6.54 Å². The van der Waals surface area contributed by atoms with Gasteiger partial charge in [0.25, 0.3) is 5.91 Å². The third-order valence-corrected chi connectivity index (χ3v) is 2.46. The Morgan fingerprint density at radius 1 is 1.60 bits per heavy atom. The Labute approximate surface area is 92.2 Å². The zero-order chi connectivity index (χ0) is 11.3. The van der Waals surface area contributed by atoms with Crippen molar-refractivity contribution in [2.45, 2.75) is 0 Å². The lowest BCUT2D eigenvalue weighted by atomic mass is 10.1. The molecule has 15 heavy (non-hydrogen) atoms. The maximum absolute atomic E-state index is 12.9. The fourth-order valence-corrected chi connectivity index (χ4v) is 1.39. The number of anilines is 1. The van der Waals surface area contributed by atoms with Gasteiger partial charge in [0.1, 0.15) is 5.82 Å². The molecule has 0 fully saturated rings. The monoisotopic (exact) mass is 228 g/mol. The molecule has 0 aromatic heterocycles. The first-order valence-electron chi connectivity index (χ1n) is 4.47. The maximum Gasteiger partial charge on any atom is 0.253 e. The molecule has 3 N–H and O–H groups in total. The SMILES string of the molecule is CSCCNC(=O)c1cc(F)ccc1N. The molecule has 0 unspecified atom stereocenters. The Bertz CT molecular complexity index is 357. The molecule has 0 heterocycles. The van der Waals surface area contributed by atoms with Crippen molar-refractivity contribution in [2.24, 2.45) is 0 Å². The fraction of sp³-hybridized carbons (Fsp3) is 0.300. The Morgan fingerprint density at radius 3 is 3.00 bits per heavy atom. The Kier molecular flexibility index (Phi) is 4.42. The van der Waals surface area contributed by atoms with Crippen LogP contribution in [-0.4, -0.2) is 24.5 Å². The van der Waals surface area contributed by atoms with Gasteiger partial charge in [-0.25, -0.2) is 4.39 Å². The molecule has 0 spiro atoms. The number of thioether (sulfide) groups is 1. The molecule has 3 nitrogen and oxygen atoms in total. The van der Waals surface area contributed by atoms with Gasteiger partial charge >= 0.3 is 0 Å². The van der Waals surface area contributed by atoms with E-state index >= 15 is 0 Å². The van der Waals surface area contributed by atoms with Gasteiger partial charge < -0.3 is 11.1 Å². The van der Waals surface area contributed by atoms with Crippen LogP contribution in [0.3, 0.4) is 0 Å². The van der Waals surface area contributed by atoms with Gasteiger partial charge in [0, 0.05) is 18.0 Å². The van der Waals surface area contributed by atoms with E-state index in [1.54, 1.807) is 11.8 Å². The van der Waals surface area contributed by atoms with Crippen molar-refractivity contribution >= 4 is 23.4 Å². The van der Waals surface area contributed by atoms with Crippen molar-refractivity contribution < 1.29 is 9.18 Å². The third kappa shape index (κ3) is 3.43. The minimum atomic E-state index is -0.459. The summed E-state index contributed by atoms with van der Waals surface area (Å²) in [6.07, 6.45) is 1.95. The lowest BCUT2D eigenvalue weighted by molar-refractivity contribution is 0.0956. The highest BCUT2D eigenvalue weighted by Crippen LogP contribution is 2.12. The highest BCUT2D eigenvalue weighted by atomic mass is 32.2. The molecule has 0 bridgehead atoms. The summed E-state index contributed by atoms with van der Waals surface area (Å²) in [5.74, 6) is 0.0290. The molecular formula is C10H13FN2OS. The van der Waals surface area contributed by atoms with E-state index in [0.717, 1.165) is 11.8 Å². The van der Waals surface area contributed by atoms with Crippen LogP contribution >= 0.6 is 11.8 Å². The number of rotatable bonds is 4. The molecule has 1 aromatic carbocycles. The van der Waals surface area contributed by atoms with Gasteiger partial charge in [-0.05, 0) is 24.5 Å². The Morgan fingerprint density at radius 2 is 2.33 bits per heavy atom. The van der Waals surface area contributed by atoms with E-state index in [-0.39, 0.29) is 17.2 Å². The number of nitrogens with one attached hydrogen (secondary N) is 1. The third-order valence-electron chi connectivity index (χ3n) is 1.85. The summed E-state index contributed by atoms with van der Waals surface area (Å²) in [5.41, 5.74) is 6.04. The van der Waals surface area contributed by atoms with Gasteiger partial charge in [0.15, 0.2) is 0 Å². The van der Waals surface area contributed by atoms with E-state index in [1.807, 2.05) is 6.26 Å². The molecule has 0 atom stereocenters. The van der Waals surface area contributed by atoms with Crippen LogP contribution in [0.4, 0.5) is 10.1 Å². The number of hydrogen-bond donors (Lipinski definition) is 2. The molecule has 0 saturated heterocycles. The average Bonchev–Trinajstić information content (AvgIpc) is 2.22. The van der Waals surface area contributed by atoms with Crippen LogP contribution in [0.25, 0.3) is 0 Å². The summed E-state index contributed by atoms with van der Waals surface area (Å²) < 4.78 is 12.9. The first-order chi connectivity index (χ1) is 7.15. The topological polar surface area (TPSA) is 55.1 Å². The summed E-state index contributed by atoms with van der Waals surface area (Å²) in [4.78, 5) is 11.5. The van der Waals surface area contributed by atoms with E-state index in [9.17, 15) is 9.18 Å². The Hall–Kier alpha value is -1.23. The minimum Gasteiger partial charge on any atom is -0.398 e. The summed E-state index contributed by atoms with van der Waals surface area (Å²) in [6.45, 7) is 0.552. The van der Waals surface area contributed by atoms with Crippen LogP contribution in [-0.2, 0) is 0 Å². The number of carbonyl (C=O) groups excluding carboxylic acids is 1. The number of nitrogen functional groups attached to an aromatic ring is 1. The largest absolute Gasteiger partial charge is 0.398 e. The molecule has 0 aliphatic heterocycles. The molecule has 1 aromatic rings. The standard InChI is InChI=1S/C10H13FN2OS/c1-15-5-4-13-10(14)8-6-7(11)2-3-9(8)12/h2-3,6H,4-5,12H2,1H3,(H,13,14). The molecule has 0 aliphatic rings. The Balaban J connectivity index is 2.68. The van der Waals surface area contributed by atoms with Crippen LogP contribution in [0.5, 0.6) is 0 Å². The zero-order valence-electron chi connectivity index (χ0n) is 8.42. The summed E-state index contributed by atoms with van der Waals surface area (Å²) in [5, 5.41) is 2.66. The van der Waals surface area contributed by atoms with Crippen molar-refractivity contribution in [3.05, 3.63) is 29.6 Å². The van der Waals surface area contributed by atoms with E-state index in [1.165, 1.54) is 12.1 Å². The molecule has 1 rings (SSSR count). The van der Waals surface area contributed by atoms with Crippen LogP contribution in [0.2, 0.25) is 0 Å². The second-order valence-corrected chi connectivity index (χ2v) is 3.97. The predicted octanol–water partition coefficient (Wildman–Crippen LogP) is 1.50. The van der Waals surface area contributed by atoms with Crippen molar-refractivity contribution in [3.63, 3.8) is 0 Å².